The highest BCUT2D eigenvalue weighted by atomic mass is 16.3. The van der Waals surface area contributed by atoms with Crippen molar-refractivity contribution < 1.29 is 20.4 Å². The topological polar surface area (TPSA) is 80.9 Å². The Labute approximate surface area is 238 Å². The maximum atomic E-state index is 13.4. The highest BCUT2D eigenvalue weighted by molar-refractivity contribution is 5.56. The molecule has 0 atom stereocenters. The van der Waals surface area contributed by atoms with Crippen LogP contribution in [0.1, 0.15) is 128 Å². The average molecular weight is 541 g/mol. The molecule has 4 nitrogen and oxygen atoms in total. The Morgan fingerprint density at radius 2 is 0.692 bits per heavy atom. The first kappa shape index (κ1) is 33.5. The van der Waals surface area contributed by atoms with Gasteiger partial charge in [0.1, 0.15) is 5.60 Å². The maximum Gasteiger partial charge on any atom is 0.127 e. The Hall–Kier alpha value is -1.72. The van der Waals surface area contributed by atoms with Crippen molar-refractivity contribution in [2.45, 2.75) is 124 Å². The van der Waals surface area contributed by atoms with Gasteiger partial charge in [0.25, 0.3) is 0 Å². The van der Waals surface area contributed by atoms with E-state index in [0.717, 1.165) is 33.4 Å². The molecule has 4 N–H and O–H groups in total. The van der Waals surface area contributed by atoms with E-state index >= 15 is 0 Å². The molecule has 0 heterocycles. The van der Waals surface area contributed by atoms with E-state index < -0.39 is 30.8 Å². The van der Waals surface area contributed by atoms with Gasteiger partial charge >= 0.3 is 0 Å². The molecule has 4 heteroatoms. The second-order valence-corrected chi connectivity index (χ2v) is 15.9. The van der Waals surface area contributed by atoms with Crippen LogP contribution in [0.5, 0.6) is 0 Å². The van der Waals surface area contributed by atoms with E-state index in [1.54, 1.807) is 0 Å². The lowest BCUT2D eigenvalue weighted by Crippen LogP contribution is -2.56. The molecule has 39 heavy (non-hydrogen) atoms. The molecule has 0 radical (unpaired) electrons. The molecule has 2 aromatic rings. The summed E-state index contributed by atoms with van der Waals surface area (Å²) in [6, 6.07) is 8.42. The lowest BCUT2D eigenvalue weighted by molar-refractivity contribution is -0.137. The molecular formula is C35H56O4. The zero-order chi connectivity index (χ0) is 30.6. The molecule has 0 aromatic heterocycles. The standard InChI is InChI=1S/C35H56O4/c1-22-15-26(32(9,10)11)28(17-24(22)30(3,4)5)35(39,34(19-36,20-37)21-38)29-18-25(31(6,7)8)23(2)16-27(29)33(12,13)14/h15-18,36-39H,19-21H2,1-14H3. The Bertz CT molecular complexity index is 1080. The van der Waals surface area contributed by atoms with Crippen LogP contribution >= 0.6 is 0 Å². The Morgan fingerprint density at radius 1 is 0.436 bits per heavy atom. The number of hydrogen-bond acceptors (Lipinski definition) is 4. The van der Waals surface area contributed by atoms with E-state index in [1.165, 1.54) is 0 Å². The monoisotopic (exact) mass is 540 g/mol. The van der Waals surface area contributed by atoms with Gasteiger partial charge in [-0.2, -0.15) is 0 Å². The van der Waals surface area contributed by atoms with Gasteiger partial charge in [-0.25, -0.2) is 0 Å². The summed E-state index contributed by atoms with van der Waals surface area (Å²) in [6.07, 6.45) is 0. The first-order valence-electron chi connectivity index (χ1n) is 14.3. The predicted octanol–water partition coefficient (Wildman–Crippen LogP) is 6.69. The van der Waals surface area contributed by atoms with E-state index in [2.05, 4.69) is 121 Å². The third kappa shape index (κ3) is 6.00. The van der Waals surface area contributed by atoms with Crippen molar-refractivity contribution >= 4 is 0 Å². The normalized spacial score (nSPS) is 14.2. The molecule has 0 aliphatic rings. The fourth-order valence-electron chi connectivity index (χ4n) is 6.08. The first-order chi connectivity index (χ1) is 17.4. The Morgan fingerprint density at radius 3 is 0.897 bits per heavy atom. The Balaban J connectivity index is 3.41. The molecule has 0 aliphatic carbocycles. The number of aliphatic hydroxyl groups is 4. The Kier molecular flexibility index (Phi) is 9.10. The van der Waals surface area contributed by atoms with Gasteiger partial charge in [-0.3, -0.25) is 0 Å². The summed E-state index contributed by atoms with van der Waals surface area (Å²) in [5, 5.41) is 46.2. The number of aryl methyl sites for hydroxylation is 2. The van der Waals surface area contributed by atoms with Crippen LogP contribution in [0.4, 0.5) is 0 Å². The molecule has 0 saturated heterocycles. The summed E-state index contributed by atoms with van der Waals surface area (Å²) >= 11 is 0. The lowest BCUT2D eigenvalue weighted by Gasteiger charge is -2.49. The SMILES string of the molecule is Cc1cc(C(C)(C)C)c(C(O)(c2cc(C(C)(C)C)c(C)cc2C(C)(C)C)C(CO)(CO)CO)cc1C(C)(C)C. The number of benzene rings is 2. The molecule has 2 aromatic carbocycles. The van der Waals surface area contributed by atoms with Gasteiger partial charge in [-0.1, -0.05) is 107 Å². The molecule has 0 unspecified atom stereocenters. The third-order valence-electron chi connectivity index (χ3n) is 8.42. The van der Waals surface area contributed by atoms with Gasteiger partial charge in [0.15, 0.2) is 0 Å². The van der Waals surface area contributed by atoms with Crippen molar-refractivity contribution in [1.29, 1.82) is 0 Å². The van der Waals surface area contributed by atoms with Crippen molar-refractivity contribution in [1.82, 2.24) is 0 Å². The summed E-state index contributed by atoms with van der Waals surface area (Å²) in [6.45, 7) is 28.0. The van der Waals surface area contributed by atoms with Crippen LogP contribution in [-0.2, 0) is 27.3 Å². The van der Waals surface area contributed by atoms with Crippen LogP contribution in [0.2, 0.25) is 0 Å². The van der Waals surface area contributed by atoms with Crippen molar-refractivity contribution in [2.24, 2.45) is 5.41 Å². The van der Waals surface area contributed by atoms with Gasteiger partial charge in [-0.05, 0) is 80.0 Å². The maximum absolute atomic E-state index is 13.4. The van der Waals surface area contributed by atoms with E-state index in [-0.39, 0.29) is 21.7 Å². The zero-order valence-electron chi connectivity index (χ0n) is 27.2. The minimum atomic E-state index is -1.90. The molecule has 0 spiro atoms. The van der Waals surface area contributed by atoms with E-state index in [4.69, 9.17) is 0 Å². The van der Waals surface area contributed by atoms with Crippen molar-refractivity contribution in [3.8, 4) is 0 Å². The molecular weight excluding hydrogens is 484 g/mol. The highest BCUT2D eigenvalue weighted by Gasteiger charge is 2.55. The van der Waals surface area contributed by atoms with Crippen molar-refractivity contribution in [2.75, 3.05) is 19.8 Å². The molecule has 0 fully saturated rings. The van der Waals surface area contributed by atoms with Gasteiger partial charge in [0.2, 0.25) is 0 Å². The third-order valence-corrected chi connectivity index (χ3v) is 8.42. The second kappa shape index (κ2) is 10.6. The summed E-state index contributed by atoms with van der Waals surface area (Å²) in [7, 11) is 0. The largest absolute Gasteiger partial charge is 0.395 e. The summed E-state index contributed by atoms with van der Waals surface area (Å²) in [4.78, 5) is 0. The van der Waals surface area contributed by atoms with Crippen LogP contribution in [-0.4, -0.2) is 40.2 Å². The first-order valence-corrected chi connectivity index (χ1v) is 14.3. The van der Waals surface area contributed by atoms with Gasteiger partial charge in [0, 0.05) is 0 Å². The number of rotatable bonds is 6. The minimum Gasteiger partial charge on any atom is -0.395 e. The number of aliphatic hydroxyl groups excluding tert-OH is 3. The summed E-state index contributed by atoms with van der Waals surface area (Å²) in [5.74, 6) is 0. The fraction of sp³-hybridized carbons (Fsp3) is 0.657. The van der Waals surface area contributed by atoms with E-state index in [9.17, 15) is 20.4 Å². The minimum absolute atomic E-state index is 0.215. The quantitative estimate of drug-likeness (QED) is 0.329. The number of hydrogen-bond donors (Lipinski definition) is 4. The highest BCUT2D eigenvalue weighted by Crippen LogP contribution is 2.52. The zero-order valence-corrected chi connectivity index (χ0v) is 27.2. The van der Waals surface area contributed by atoms with E-state index in [1.807, 2.05) is 0 Å². The van der Waals surface area contributed by atoms with Gasteiger partial charge in [0.05, 0.1) is 25.2 Å². The van der Waals surface area contributed by atoms with Crippen LogP contribution in [0.15, 0.2) is 24.3 Å². The smallest absolute Gasteiger partial charge is 0.127 e. The molecule has 2 rings (SSSR count). The van der Waals surface area contributed by atoms with Crippen LogP contribution < -0.4 is 0 Å². The average Bonchev–Trinajstić information content (AvgIpc) is 2.77. The van der Waals surface area contributed by atoms with Gasteiger partial charge < -0.3 is 20.4 Å². The second-order valence-electron chi connectivity index (χ2n) is 15.9. The van der Waals surface area contributed by atoms with Crippen LogP contribution in [0, 0.1) is 19.3 Å². The van der Waals surface area contributed by atoms with Crippen molar-refractivity contribution in [3.63, 3.8) is 0 Å². The van der Waals surface area contributed by atoms with Crippen LogP contribution in [0.3, 0.4) is 0 Å². The molecule has 0 bridgehead atoms. The molecule has 0 aliphatic heterocycles. The molecule has 0 amide bonds. The lowest BCUT2D eigenvalue weighted by atomic mass is 9.59. The summed E-state index contributed by atoms with van der Waals surface area (Å²) in [5.41, 5.74) is 2.77. The molecule has 0 saturated carbocycles. The van der Waals surface area contributed by atoms with Crippen molar-refractivity contribution in [3.05, 3.63) is 68.8 Å². The van der Waals surface area contributed by atoms with Crippen LogP contribution in [0.25, 0.3) is 0 Å². The summed E-state index contributed by atoms with van der Waals surface area (Å²) < 4.78 is 0. The van der Waals surface area contributed by atoms with E-state index in [0.29, 0.717) is 11.1 Å². The van der Waals surface area contributed by atoms with Gasteiger partial charge in [-0.15, -0.1) is 0 Å². The fourth-order valence-corrected chi connectivity index (χ4v) is 6.08. The molecule has 220 valence electrons. The predicted molar refractivity (Wildman–Crippen MR) is 164 cm³/mol.